The minimum atomic E-state index is 0.677. The highest BCUT2D eigenvalue weighted by molar-refractivity contribution is 6.30. The van der Waals surface area contributed by atoms with E-state index < -0.39 is 0 Å². The molecule has 2 atom stereocenters. The molecule has 1 saturated heterocycles. The van der Waals surface area contributed by atoms with Gasteiger partial charge < -0.3 is 5.32 Å². The summed E-state index contributed by atoms with van der Waals surface area (Å²) in [5.74, 6) is 0.723. The van der Waals surface area contributed by atoms with Crippen molar-refractivity contribution in [2.45, 2.75) is 25.9 Å². The number of piperidine rings is 1. The van der Waals surface area contributed by atoms with Gasteiger partial charge in [-0.15, -0.1) is 0 Å². The summed E-state index contributed by atoms with van der Waals surface area (Å²) in [5, 5.41) is 4.22. The number of benzene rings is 1. The molecule has 0 aliphatic carbocycles. The quantitative estimate of drug-likeness (QED) is 0.890. The van der Waals surface area contributed by atoms with Crippen molar-refractivity contribution in [2.75, 3.05) is 20.1 Å². The van der Waals surface area contributed by atoms with Crippen LogP contribution in [0, 0.1) is 5.92 Å². The molecule has 0 bridgehead atoms. The fraction of sp³-hybridized carbons (Fsp3) is 0.571. The number of hydrogen-bond donors (Lipinski definition) is 1. The zero-order valence-corrected chi connectivity index (χ0v) is 11.4. The van der Waals surface area contributed by atoms with E-state index in [1.54, 1.807) is 0 Å². The van der Waals surface area contributed by atoms with Crippen molar-refractivity contribution in [1.29, 1.82) is 0 Å². The lowest BCUT2D eigenvalue weighted by Gasteiger charge is -2.36. The van der Waals surface area contributed by atoms with E-state index in [0.29, 0.717) is 6.04 Å². The van der Waals surface area contributed by atoms with Gasteiger partial charge >= 0.3 is 0 Å². The Morgan fingerprint density at radius 3 is 2.65 bits per heavy atom. The van der Waals surface area contributed by atoms with Crippen LogP contribution in [0.2, 0.25) is 5.02 Å². The zero-order valence-electron chi connectivity index (χ0n) is 10.6. The molecule has 2 nitrogen and oxygen atoms in total. The van der Waals surface area contributed by atoms with Gasteiger partial charge in [0.15, 0.2) is 0 Å². The van der Waals surface area contributed by atoms with Gasteiger partial charge in [0.2, 0.25) is 0 Å². The molecule has 1 aromatic rings. The highest BCUT2D eigenvalue weighted by Gasteiger charge is 2.24. The van der Waals surface area contributed by atoms with E-state index >= 15 is 0 Å². The first kappa shape index (κ1) is 12.9. The highest BCUT2D eigenvalue weighted by atomic mass is 35.5. The number of nitrogens with zero attached hydrogens (tertiary/aromatic N) is 1. The fourth-order valence-electron chi connectivity index (χ4n) is 2.65. The lowest BCUT2D eigenvalue weighted by molar-refractivity contribution is 0.145. The van der Waals surface area contributed by atoms with Gasteiger partial charge in [-0.1, -0.05) is 30.7 Å². The first-order valence-corrected chi connectivity index (χ1v) is 6.71. The second-order valence-electron chi connectivity index (χ2n) is 5.02. The maximum Gasteiger partial charge on any atom is 0.0406 e. The summed E-state index contributed by atoms with van der Waals surface area (Å²) in [6.07, 6.45) is 1.24. The van der Waals surface area contributed by atoms with Crippen LogP contribution in [0.4, 0.5) is 0 Å². The Balaban J connectivity index is 1.90. The van der Waals surface area contributed by atoms with Crippen molar-refractivity contribution in [3.8, 4) is 0 Å². The van der Waals surface area contributed by atoms with Crippen LogP contribution in [0.5, 0.6) is 0 Å². The Morgan fingerprint density at radius 2 is 2.06 bits per heavy atom. The van der Waals surface area contributed by atoms with Crippen LogP contribution < -0.4 is 5.32 Å². The number of halogens is 1. The van der Waals surface area contributed by atoms with E-state index in [1.807, 2.05) is 12.1 Å². The molecule has 1 aliphatic heterocycles. The smallest absolute Gasteiger partial charge is 0.0406 e. The molecule has 0 saturated carbocycles. The van der Waals surface area contributed by atoms with Crippen LogP contribution in [0.15, 0.2) is 24.3 Å². The molecule has 2 rings (SSSR count). The van der Waals surface area contributed by atoms with E-state index in [2.05, 4.69) is 36.3 Å². The topological polar surface area (TPSA) is 15.3 Å². The second-order valence-corrected chi connectivity index (χ2v) is 5.46. The Kier molecular flexibility index (Phi) is 4.43. The molecule has 1 aromatic carbocycles. The van der Waals surface area contributed by atoms with Crippen LogP contribution in [0.25, 0.3) is 0 Å². The zero-order chi connectivity index (χ0) is 12.3. The summed E-state index contributed by atoms with van der Waals surface area (Å²) in [5.41, 5.74) is 1.35. The van der Waals surface area contributed by atoms with Crippen LogP contribution in [0.3, 0.4) is 0 Å². The molecule has 0 spiro atoms. The molecule has 94 valence electrons. The third-order valence-corrected chi connectivity index (χ3v) is 3.93. The Labute approximate surface area is 109 Å². The minimum absolute atomic E-state index is 0.677. The van der Waals surface area contributed by atoms with Crippen molar-refractivity contribution in [3.63, 3.8) is 0 Å². The van der Waals surface area contributed by atoms with Gasteiger partial charge in [-0.3, -0.25) is 4.90 Å². The summed E-state index contributed by atoms with van der Waals surface area (Å²) in [6.45, 7) is 5.72. The second kappa shape index (κ2) is 5.85. The molecule has 3 heteroatoms. The summed E-state index contributed by atoms with van der Waals surface area (Å²) in [4.78, 5) is 2.53. The van der Waals surface area contributed by atoms with E-state index in [4.69, 9.17) is 11.6 Å². The lowest BCUT2D eigenvalue weighted by atomic mass is 9.94. The van der Waals surface area contributed by atoms with Gasteiger partial charge in [0, 0.05) is 24.2 Å². The van der Waals surface area contributed by atoms with E-state index in [0.717, 1.165) is 17.5 Å². The third-order valence-electron chi connectivity index (χ3n) is 3.68. The minimum Gasteiger partial charge on any atom is -0.317 e. The summed E-state index contributed by atoms with van der Waals surface area (Å²) < 4.78 is 0. The average Bonchev–Trinajstić information content (AvgIpc) is 2.32. The Bertz CT molecular complexity index is 350. The summed E-state index contributed by atoms with van der Waals surface area (Å²) in [6, 6.07) is 8.87. The first-order valence-electron chi connectivity index (χ1n) is 6.33. The predicted molar refractivity (Wildman–Crippen MR) is 73.4 cm³/mol. The lowest BCUT2D eigenvalue weighted by Crippen LogP contribution is -2.46. The maximum absolute atomic E-state index is 5.89. The third kappa shape index (κ3) is 3.44. The number of rotatable bonds is 3. The Hall–Kier alpha value is -0.570. The molecular formula is C14H21ClN2. The summed E-state index contributed by atoms with van der Waals surface area (Å²) in [7, 11) is 2.07. The number of hydrogen-bond acceptors (Lipinski definition) is 2. The molecule has 0 aromatic heterocycles. The van der Waals surface area contributed by atoms with Crippen molar-refractivity contribution in [2.24, 2.45) is 5.92 Å². The number of likely N-dealkylation sites (tertiary alicyclic amines) is 1. The van der Waals surface area contributed by atoms with Crippen LogP contribution in [-0.4, -0.2) is 31.1 Å². The molecule has 1 fully saturated rings. The molecule has 2 unspecified atom stereocenters. The predicted octanol–water partition coefficient (Wildman–Crippen LogP) is 2.77. The molecule has 1 aliphatic rings. The molecule has 17 heavy (non-hydrogen) atoms. The van der Waals surface area contributed by atoms with Crippen LogP contribution >= 0.6 is 11.6 Å². The van der Waals surface area contributed by atoms with Crippen LogP contribution in [0.1, 0.15) is 18.9 Å². The molecular weight excluding hydrogens is 232 g/mol. The van der Waals surface area contributed by atoms with Crippen molar-refractivity contribution in [1.82, 2.24) is 10.2 Å². The van der Waals surface area contributed by atoms with E-state index in [9.17, 15) is 0 Å². The highest BCUT2D eigenvalue weighted by Crippen LogP contribution is 2.19. The maximum atomic E-state index is 5.89. The van der Waals surface area contributed by atoms with Gasteiger partial charge in [0.05, 0.1) is 0 Å². The largest absolute Gasteiger partial charge is 0.317 e. The van der Waals surface area contributed by atoms with E-state index in [-0.39, 0.29) is 0 Å². The molecule has 0 radical (unpaired) electrons. The molecule has 0 amide bonds. The van der Waals surface area contributed by atoms with Gasteiger partial charge in [-0.25, -0.2) is 0 Å². The van der Waals surface area contributed by atoms with Gasteiger partial charge in [0.1, 0.15) is 0 Å². The standard InChI is InChI=1S/C14H21ClN2/c1-11-9-17(8-7-14(11)16-2)10-12-3-5-13(15)6-4-12/h3-6,11,14,16H,7-10H2,1-2H3. The van der Waals surface area contributed by atoms with Crippen LogP contribution in [-0.2, 0) is 6.54 Å². The van der Waals surface area contributed by atoms with Crippen molar-refractivity contribution >= 4 is 11.6 Å². The first-order chi connectivity index (χ1) is 8.19. The molecule has 1 N–H and O–H groups in total. The van der Waals surface area contributed by atoms with Crippen molar-refractivity contribution < 1.29 is 0 Å². The van der Waals surface area contributed by atoms with Gasteiger partial charge in [-0.05, 0) is 43.6 Å². The summed E-state index contributed by atoms with van der Waals surface area (Å²) >= 11 is 5.89. The Morgan fingerprint density at radius 1 is 1.35 bits per heavy atom. The van der Waals surface area contributed by atoms with Gasteiger partial charge in [0.25, 0.3) is 0 Å². The monoisotopic (exact) mass is 252 g/mol. The van der Waals surface area contributed by atoms with Crippen molar-refractivity contribution in [3.05, 3.63) is 34.9 Å². The average molecular weight is 253 g/mol. The SMILES string of the molecule is CNC1CCN(Cc2ccc(Cl)cc2)CC1C. The van der Waals surface area contributed by atoms with E-state index in [1.165, 1.54) is 25.1 Å². The van der Waals surface area contributed by atoms with Gasteiger partial charge in [-0.2, -0.15) is 0 Å². The number of nitrogens with one attached hydrogen (secondary N) is 1. The molecule has 1 heterocycles. The fourth-order valence-corrected chi connectivity index (χ4v) is 2.78. The normalized spacial score (nSPS) is 26.1.